The molecule has 1 aliphatic heterocycles. The van der Waals surface area contributed by atoms with Crippen LogP contribution in [0.1, 0.15) is 38.0 Å². The number of aryl methyl sites for hydroxylation is 1. The molecule has 0 aliphatic carbocycles. The topological polar surface area (TPSA) is 84.1 Å². The summed E-state index contributed by atoms with van der Waals surface area (Å²) in [6.07, 6.45) is 7.28. The second-order valence-corrected chi connectivity index (χ2v) is 7.19. The van der Waals surface area contributed by atoms with Gasteiger partial charge >= 0.3 is 0 Å². The monoisotopic (exact) mass is 391 g/mol. The predicted octanol–water partition coefficient (Wildman–Crippen LogP) is 4.08. The molecule has 29 heavy (non-hydrogen) atoms. The van der Waals surface area contributed by atoms with Crippen LogP contribution in [0, 0.1) is 0 Å². The van der Waals surface area contributed by atoms with Crippen LogP contribution in [-0.4, -0.2) is 34.1 Å². The van der Waals surface area contributed by atoms with E-state index in [1.807, 2.05) is 36.4 Å². The van der Waals surface area contributed by atoms with Crippen LogP contribution in [0.3, 0.4) is 0 Å². The summed E-state index contributed by atoms with van der Waals surface area (Å²) in [5.74, 6) is 0.805. The minimum Gasteiger partial charge on any atom is -0.370 e. The molecule has 1 amide bonds. The predicted molar refractivity (Wildman–Crippen MR) is 112 cm³/mol. The lowest BCUT2D eigenvalue weighted by Gasteiger charge is -2.25. The minimum atomic E-state index is -0.0649. The van der Waals surface area contributed by atoms with E-state index in [1.54, 1.807) is 6.20 Å². The van der Waals surface area contributed by atoms with Gasteiger partial charge in [0.1, 0.15) is 5.69 Å². The Morgan fingerprint density at radius 2 is 1.83 bits per heavy atom. The summed E-state index contributed by atoms with van der Waals surface area (Å²) in [5, 5.41) is 7.00. The average Bonchev–Trinajstić information content (AvgIpc) is 3.07. The van der Waals surface area contributed by atoms with E-state index in [4.69, 9.17) is 4.52 Å². The number of rotatable bonds is 6. The number of para-hydroxylation sites is 2. The van der Waals surface area contributed by atoms with Gasteiger partial charge in [-0.3, -0.25) is 9.78 Å². The van der Waals surface area contributed by atoms with Gasteiger partial charge in [0.25, 0.3) is 0 Å². The zero-order valence-corrected chi connectivity index (χ0v) is 16.4. The molecule has 3 heterocycles. The second-order valence-electron chi connectivity index (χ2n) is 7.19. The summed E-state index contributed by atoms with van der Waals surface area (Å²) in [6, 6.07) is 13.5. The zero-order valence-electron chi connectivity index (χ0n) is 16.4. The van der Waals surface area contributed by atoms with Crippen LogP contribution in [0.15, 0.2) is 53.2 Å². The summed E-state index contributed by atoms with van der Waals surface area (Å²) in [5.41, 5.74) is 2.61. The van der Waals surface area contributed by atoms with Gasteiger partial charge in [0, 0.05) is 32.1 Å². The Morgan fingerprint density at radius 1 is 1.03 bits per heavy atom. The van der Waals surface area contributed by atoms with Crippen LogP contribution in [0.5, 0.6) is 0 Å². The largest absolute Gasteiger partial charge is 0.370 e. The van der Waals surface area contributed by atoms with Gasteiger partial charge in [-0.05, 0) is 37.1 Å². The second kappa shape index (κ2) is 9.32. The third-order valence-electron chi connectivity index (χ3n) is 5.05. The molecule has 1 aliphatic rings. The average molecular weight is 391 g/mol. The molecule has 4 rings (SSSR count). The van der Waals surface area contributed by atoms with Crippen LogP contribution in [0.4, 0.5) is 11.4 Å². The van der Waals surface area contributed by atoms with Gasteiger partial charge in [-0.2, -0.15) is 4.98 Å². The fourth-order valence-corrected chi connectivity index (χ4v) is 3.56. The normalized spacial score (nSPS) is 14.4. The molecule has 0 unspecified atom stereocenters. The van der Waals surface area contributed by atoms with Crippen molar-refractivity contribution < 1.29 is 9.32 Å². The number of hydrogen-bond acceptors (Lipinski definition) is 6. The van der Waals surface area contributed by atoms with Crippen LogP contribution in [0.25, 0.3) is 11.5 Å². The van der Waals surface area contributed by atoms with Crippen LogP contribution in [0.2, 0.25) is 0 Å². The molecular formula is C22H25N5O2. The fraction of sp³-hybridized carbons (Fsp3) is 0.364. The number of anilines is 2. The molecule has 0 spiro atoms. The summed E-state index contributed by atoms with van der Waals surface area (Å²) < 4.78 is 5.26. The first-order valence-corrected chi connectivity index (χ1v) is 10.2. The number of carbonyl (C=O) groups is 1. The molecule has 2 aromatic heterocycles. The molecule has 150 valence electrons. The van der Waals surface area contributed by atoms with Crippen molar-refractivity contribution in [1.82, 2.24) is 15.1 Å². The lowest BCUT2D eigenvalue weighted by Crippen LogP contribution is -2.25. The highest BCUT2D eigenvalue weighted by Crippen LogP contribution is 2.28. The van der Waals surface area contributed by atoms with Gasteiger partial charge in [0.2, 0.25) is 17.6 Å². The molecule has 7 heteroatoms. The Morgan fingerprint density at radius 3 is 2.62 bits per heavy atom. The number of benzene rings is 1. The summed E-state index contributed by atoms with van der Waals surface area (Å²) >= 11 is 0. The maximum Gasteiger partial charge on any atom is 0.227 e. The highest BCUT2D eigenvalue weighted by Gasteiger charge is 2.16. The third-order valence-corrected chi connectivity index (χ3v) is 5.05. The maximum absolute atomic E-state index is 12.5. The molecule has 3 aromatic rings. The Balaban J connectivity index is 1.36. The van der Waals surface area contributed by atoms with Gasteiger partial charge in [-0.25, -0.2) is 0 Å². The number of hydrogen-bond donors (Lipinski definition) is 1. The molecule has 0 saturated carbocycles. The molecule has 7 nitrogen and oxygen atoms in total. The van der Waals surface area contributed by atoms with Gasteiger partial charge in [-0.15, -0.1) is 0 Å². The third kappa shape index (κ3) is 4.99. The molecule has 1 aromatic carbocycles. The Hall–Kier alpha value is -3.22. The molecule has 1 saturated heterocycles. The molecule has 1 N–H and O–H groups in total. The minimum absolute atomic E-state index is 0.0649. The first-order chi connectivity index (χ1) is 14.3. The van der Waals surface area contributed by atoms with Crippen molar-refractivity contribution >= 4 is 17.3 Å². The lowest BCUT2D eigenvalue weighted by atomic mass is 10.2. The van der Waals surface area contributed by atoms with Crippen molar-refractivity contribution in [3.8, 4) is 11.5 Å². The van der Waals surface area contributed by atoms with E-state index in [9.17, 15) is 4.79 Å². The Labute approximate surface area is 170 Å². The number of amides is 1. The number of nitrogens with zero attached hydrogens (tertiary/aromatic N) is 4. The van der Waals surface area contributed by atoms with E-state index in [-0.39, 0.29) is 12.3 Å². The van der Waals surface area contributed by atoms with Crippen LogP contribution < -0.4 is 10.2 Å². The smallest absolute Gasteiger partial charge is 0.227 e. The maximum atomic E-state index is 12.5. The Bertz CT molecular complexity index is 933. The summed E-state index contributed by atoms with van der Waals surface area (Å²) in [4.78, 5) is 23.4. The molecule has 1 fully saturated rings. The van der Waals surface area contributed by atoms with E-state index in [0.717, 1.165) is 24.5 Å². The van der Waals surface area contributed by atoms with Gasteiger partial charge in [0.15, 0.2) is 0 Å². The number of carbonyl (C=O) groups excluding carboxylic acids is 1. The van der Waals surface area contributed by atoms with Crippen molar-refractivity contribution in [1.29, 1.82) is 0 Å². The molecular weight excluding hydrogens is 366 g/mol. The SMILES string of the molecule is O=C(CCc1nc(-c2ccccn2)no1)Nc1ccccc1N1CCCCCC1. The highest BCUT2D eigenvalue weighted by atomic mass is 16.5. The van der Waals surface area contributed by atoms with E-state index < -0.39 is 0 Å². The van der Waals surface area contributed by atoms with E-state index in [1.165, 1.54) is 25.7 Å². The van der Waals surface area contributed by atoms with Crippen LogP contribution in [-0.2, 0) is 11.2 Å². The highest BCUT2D eigenvalue weighted by molar-refractivity contribution is 5.94. The van der Waals surface area contributed by atoms with E-state index in [0.29, 0.717) is 23.8 Å². The van der Waals surface area contributed by atoms with E-state index in [2.05, 4.69) is 31.4 Å². The number of pyridine rings is 1. The number of nitrogens with one attached hydrogen (secondary N) is 1. The summed E-state index contributed by atoms with van der Waals surface area (Å²) in [6.45, 7) is 2.07. The molecule has 0 atom stereocenters. The molecule has 0 bridgehead atoms. The van der Waals surface area contributed by atoms with Gasteiger partial charge in [0.05, 0.1) is 11.4 Å². The zero-order chi connectivity index (χ0) is 19.9. The fourth-order valence-electron chi connectivity index (χ4n) is 3.56. The van der Waals surface area contributed by atoms with Crippen LogP contribution >= 0.6 is 0 Å². The first kappa shape index (κ1) is 19.1. The first-order valence-electron chi connectivity index (χ1n) is 10.2. The van der Waals surface area contributed by atoms with Crippen molar-refractivity contribution in [2.75, 3.05) is 23.3 Å². The van der Waals surface area contributed by atoms with E-state index >= 15 is 0 Å². The van der Waals surface area contributed by atoms with Gasteiger partial charge in [-0.1, -0.05) is 36.2 Å². The van der Waals surface area contributed by atoms with Crippen molar-refractivity contribution in [2.24, 2.45) is 0 Å². The lowest BCUT2D eigenvalue weighted by molar-refractivity contribution is -0.116. The molecule has 0 radical (unpaired) electrons. The van der Waals surface area contributed by atoms with Gasteiger partial charge < -0.3 is 14.7 Å². The number of aromatic nitrogens is 3. The quantitative estimate of drug-likeness (QED) is 0.681. The van der Waals surface area contributed by atoms with Crippen molar-refractivity contribution in [3.05, 3.63) is 54.6 Å². The van der Waals surface area contributed by atoms with Crippen molar-refractivity contribution in [2.45, 2.75) is 38.5 Å². The van der Waals surface area contributed by atoms with Crippen molar-refractivity contribution in [3.63, 3.8) is 0 Å². The Kier molecular flexibility index (Phi) is 6.14. The standard InChI is InChI=1S/C22H25N5O2/c28-20(12-13-21-25-22(26-29-21)18-10-5-6-14-23-18)24-17-9-3-4-11-19(17)27-15-7-1-2-8-16-27/h3-6,9-11,14H,1-2,7-8,12-13,15-16H2,(H,24,28). The summed E-state index contributed by atoms with van der Waals surface area (Å²) in [7, 11) is 0.